The van der Waals surface area contributed by atoms with Crippen LogP contribution in [0.5, 0.6) is 0 Å². The quantitative estimate of drug-likeness (QED) is 0.153. The van der Waals surface area contributed by atoms with Crippen molar-refractivity contribution in [3.63, 3.8) is 0 Å². The lowest BCUT2D eigenvalue weighted by molar-refractivity contribution is -0.328. The minimum atomic E-state index is -1.56. The summed E-state index contributed by atoms with van der Waals surface area (Å²) in [6.45, 7) is 12.0. The van der Waals surface area contributed by atoms with Crippen molar-refractivity contribution in [1.29, 1.82) is 0 Å². The van der Waals surface area contributed by atoms with Gasteiger partial charge in [0.25, 0.3) is 0 Å². The van der Waals surface area contributed by atoms with Crippen molar-refractivity contribution in [2.24, 2.45) is 52.3 Å². The standard InChI is InChI=1S/C39H68O13/c1-17(2)7-10-25(42)18(3)29-26(50-37-35(48)33(46)31(44)27(16-40)51-37)15-24-22-9-8-20-13-21(41)14-28(39(20,6)23(22)11-12-38(24,29)5)52-36-34(47)32(45)30(43)19(4)49-36/h17-37,40-48H,7-16H2,1-6H3/t18-,19+,20+,21-,22-,23+,24+,25+,26+,27-,28-,29+,30+,31-,32-,33+,34-,35-,36+,37-,38+,39+/m1/s1. The van der Waals surface area contributed by atoms with Gasteiger partial charge in [0.2, 0.25) is 0 Å². The summed E-state index contributed by atoms with van der Waals surface area (Å²) >= 11 is 0. The van der Waals surface area contributed by atoms with Crippen molar-refractivity contribution in [3.05, 3.63) is 0 Å². The van der Waals surface area contributed by atoms with Crippen molar-refractivity contribution in [1.82, 2.24) is 0 Å². The van der Waals surface area contributed by atoms with Crippen LogP contribution < -0.4 is 0 Å². The number of aliphatic hydroxyl groups is 9. The molecule has 0 aromatic carbocycles. The number of aliphatic hydroxyl groups excluding tert-OH is 9. The smallest absolute Gasteiger partial charge is 0.186 e. The molecule has 4 saturated carbocycles. The molecule has 0 spiro atoms. The summed E-state index contributed by atoms with van der Waals surface area (Å²) in [4.78, 5) is 0. The number of hydrogen-bond acceptors (Lipinski definition) is 13. The molecule has 9 N–H and O–H groups in total. The molecule has 6 aliphatic rings. The van der Waals surface area contributed by atoms with E-state index in [0.29, 0.717) is 31.6 Å². The summed E-state index contributed by atoms with van der Waals surface area (Å²) in [7, 11) is 0. The average molecular weight is 745 g/mol. The van der Waals surface area contributed by atoms with Crippen molar-refractivity contribution in [2.45, 2.75) is 185 Å². The van der Waals surface area contributed by atoms with Gasteiger partial charge in [0.05, 0.1) is 37.1 Å². The Bertz CT molecular complexity index is 1190. The monoisotopic (exact) mass is 744 g/mol. The second-order valence-electron chi connectivity index (χ2n) is 18.5. The van der Waals surface area contributed by atoms with Crippen LogP contribution >= 0.6 is 0 Å². The van der Waals surface area contributed by atoms with Gasteiger partial charge in [-0.1, -0.05) is 34.6 Å². The molecule has 6 rings (SSSR count). The number of fused-ring (bicyclic) bond motifs is 5. The normalized spacial score (nSPS) is 53.5. The van der Waals surface area contributed by atoms with Crippen LogP contribution in [0.25, 0.3) is 0 Å². The summed E-state index contributed by atoms with van der Waals surface area (Å²) in [5.41, 5.74) is -0.630. The van der Waals surface area contributed by atoms with E-state index in [-0.39, 0.29) is 46.3 Å². The van der Waals surface area contributed by atoms with Crippen LogP contribution in [0.15, 0.2) is 0 Å². The highest BCUT2D eigenvalue weighted by Crippen LogP contribution is 2.69. The van der Waals surface area contributed by atoms with E-state index >= 15 is 0 Å². The molecule has 0 bridgehead atoms. The van der Waals surface area contributed by atoms with E-state index in [0.717, 1.165) is 32.1 Å². The second kappa shape index (κ2) is 15.8. The van der Waals surface area contributed by atoms with Crippen LogP contribution in [0.1, 0.15) is 99.3 Å². The van der Waals surface area contributed by atoms with Crippen LogP contribution in [0, 0.1) is 52.3 Å². The van der Waals surface area contributed by atoms with Crippen LogP contribution in [-0.4, -0.2) is 138 Å². The molecule has 0 radical (unpaired) electrons. The van der Waals surface area contributed by atoms with Crippen LogP contribution in [0.3, 0.4) is 0 Å². The van der Waals surface area contributed by atoms with E-state index in [1.807, 2.05) is 0 Å². The van der Waals surface area contributed by atoms with Gasteiger partial charge >= 0.3 is 0 Å². The predicted molar refractivity (Wildman–Crippen MR) is 187 cm³/mol. The molecule has 2 saturated heterocycles. The van der Waals surface area contributed by atoms with Gasteiger partial charge in [-0.2, -0.15) is 0 Å². The minimum Gasteiger partial charge on any atom is -0.394 e. The Hall–Kier alpha value is -0.520. The first-order chi connectivity index (χ1) is 24.4. The van der Waals surface area contributed by atoms with Gasteiger partial charge in [-0.05, 0) is 111 Å². The molecule has 4 aliphatic carbocycles. The third-order valence-corrected chi connectivity index (χ3v) is 15.3. The summed E-state index contributed by atoms with van der Waals surface area (Å²) < 4.78 is 25.0. The molecule has 52 heavy (non-hydrogen) atoms. The highest BCUT2D eigenvalue weighted by Gasteiger charge is 2.66. The molecule has 2 aliphatic heterocycles. The van der Waals surface area contributed by atoms with Crippen molar-refractivity contribution in [2.75, 3.05) is 6.61 Å². The Morgan fingerprint density at radius 2 is 1.38 bits per heavy atom. The Morgan fingerprint density at radius 3 is 2.04 bits per heavy atom. The zero-order valence-electron chi connectivity index (χ0n) is 31.9. The minimum absolute atomic E-state index is 0.112. The molecular weight excluding hydrogens is 676 g/mol. The Kier molecular flexibility index (Phi) is 12.5. The molecule has 0 aromatic heterocycles. The maximum absolute atomic E-state index is 11.6. The molecule has 13 nitrogen and oxygen atoms in total. The Balaban J connectivity index is 1.30. The van der Waals surface area contributed by atoms with Crippen molar-refractivity contribution < 1.29 is 64.9 Å². The van der Waals surface area contributed by atoms with Crippen LogP contribution in [-0.2, 0) is 18.9 Å². The molecule has 0 amide bonds. The van der Waals surface area contributed by atoms with Gasteiger partial charge in [0, 0.05) is 6.42 Å². The van der Waals surface area contributed by atoms with E-state index in [1.165, 1.54) is 0 Å². The van der Waals surface area contributed by atoms with Crippen LogP contribution in [0.2, 0.25) is 0 Å². The van der Waals surface area contributed by atoms with Crippen molar-refractivity contribution >= 4 is 0 Å². The van der Waals surface area contributed by atoms with Gasteiger partial charge in [0.15, 0.2) is 12.6 Å². The molecule has 302 valence electrons. The molecule has 13 heteroatoms. The zero-order chi connectivity index (χ0) is 38.0. The summed E-state index contributed by atoms with van der Waals surface area (Å²) in [6, 6.07) is 0. The highest BCUT2D eigenvalue weighted by molar-refractivity contribution is 5.14. The second-order valence-corrected chi connectivity index (χ2v) is 18.5. The van der Waals surface area contributed by atoms with E-state index in [2.05, 4.69) is 34.6 Å². The molecule has 0 unspecified atom stereocenters. The molecule has 2 heterocycles. The fourth-order valence-corrected chi connectivity index (χ4v) is 12.2. The van der Waals surface area contributed by atoms with Crippen LogP contribution in [0.4, 0.5) is 0 Å². The largest absolute Gasteiger partial charge is 0.394 e. The summed E-state index contributed by atoms with van der Waals surface area (Å²) in [6.07, 6.45) is -8.29. The molecule has 0 aromatic rings. The third kappa shape index (κ3) is 7.16. The first kappa shape index (κ1) is 41.1. The lowest BCUT2D eigenvalue weighted by atomic mass is 9.43. The van der Waals surface area contributed by atoms with Crippen molar-refractivity contribution in [3.8, 4) is 0 Å². The number of ether oxygens (including phenoxy) is 4. The molecule has 6 fully saturated rings. The first-order valence-corrected chi connectivity index (χ1v) is 20.1. The average Bonchev–Trinajstić information content (AvgIpc) is 3.40. The van der Waals surface area contributed by atoms with E-state index in [9.17, 15) is 46.0 Å². The topological polar surface area (TPSA) is 219 Å². The van der Waals surface area contributed by atoms with Gasteiger partial charge < -0.3 is 64.9 Å². The predicted octanol–water partition coefficient (Wildman–Crippen LogP) is 1.06. The molecule has 22 atom stereocenters. The fourth-order valence-electron chi connectivity index (χ4n) is 12.2. The van der Waals surface area contributed by atoms with E-state index in [4.69, 9.17) is 18.9 Å². The summed E-state index contributed by atoms with van der Waals surface area (Å²) in [5, 5.41) is 96.4. The Labute approximate surface area is 308 Å². The SMILES string of the molecule is CC(C)CC[C@H](O)[C@@H](C)[C@H]1[C@@H](O[C@@H]2O[C@H](CO)[C@@H](O)[C@H](O)[C@H]2O)C[C@H]2[C@@H]3CC[C@H]4C[C@@H](O)C[C@@H](O[C@@H]5O[C@@H](C)[C@H](O)[C@@H](O)[C@H]5O)[C@]4(C)[C@H]3CC[C@]12C. The van der Waals surface area contributed by atoms with Gasteiger partial charge in [-0.15, -0.1) is 0 Å². The zero-order valence-corrected chi connectivity index (χ0v) is 31.9. The maximum Gasteiger partial charge on any atom is 0.186 e. The fraction of sp³-hybridized carbons (Fsp3) is 1.00. The van der Waals surface area contributed by atoms with E-state index in [1.54, 1.807) is 6.92 Å². The third-order valence-electron chi connectivity index (χ3n) is 15.3. The van der Waals surface area contributed by atoms with E-state index < -0.39 is 92.4 Å². The number of rotatable bonds is 10. The lowest BCUT2D eigenvalue weighted by Crippen LogP contribution is -2.63. The summed E-state index contributed by atoms with van der Waals surface area (Å²) in [5.74, 6) is 0.947. The lowest BCUT2D eigenvalue weighted by Gasteiger charge is -2.63. The van der Waals surface area contributed by atoms with Gasteiger partial charge in [-0.25, -0.2) is 0 Å². The van der Waals surface area contributed by atoms with Gasteiger partial charge in [0.1, 0.15) is 42.7 Å². The highest BCUT2D eigenvalue weighted by atomic mass is 16.7. The Morgan fingerprint density at radius 1 is 0.731 bits per heavy atom. The van der Waals surface area contributed by atoms with Gasteiger partial charge in [-0.3, -0.25) is 0 Å². The maximum atomic E-state index is 11.6. The first-order valence-electron chi connectivity index (χ1n) is 20.1. The number of hydrogen-bond donors (Lipinski definition) is 9. The molecular formula is C39H68O13.